The molecule has 0 bridgehead atoms. The van der Waals surface area contributed by atoms with Crippen LogP contribution in [0, 0.1) is 5.21 Å². The Hall–Kier alpha value is -2.81. The fourth-order valence-electron chi connectivity index (χ4n) is 2.75. The molecule has 3 rings (SSSR count). The molecule has 1 amide bonds. The lowest BCUT2D eigenvalue weighted by molar-refractivity contribution is -0.539. The molecule has 2 aromatic rings. The van der Waals surface area contributed by atoms with E-state index in [2.05, 4.69) is 15.5 Å². The molecule has 2 heterocycles. The number of hydroxylamine groups is 3. The summed E-state index contributed by atoms with van der Waals surface area (Å²) in [6.07, 6.45) is 0. The van der Waals surface area contributed by atoms with Crippen LogP contribution in [-0.4, -0.2) is 57.8 Å². The van der Waals surface area contributed by atoms with Gasteiger partial charge >= 0.3 is 5.84 Å². The molecule has 1 aromatic carbocycles. The molecule has 1 aliphatic heterocycles. The maximum Gasteiger partial charge on any atom is 0.316 e. The van der Waals surface area contributed by atoms with Gasteiger partial charge < -0.3 is 9.94 Å². The van der Waals surface area contributed by atoms with E-state index in [1.54, 1.807) is 45.9 Å². The number of amidine groups is 1. The van der Waals surface area contributed by atoms with E-state index in [0.29, 0.717) is 26.7 Å². The number of rotatable bonds is 6. The topological polar surface area (TPSA) is 173 Å². The Morgan fingerprint density at radius 1 is 1.32 bits per heavy atom. The molecule has 1 radical (unpaired) electrons. The van der Waals surface area contributed by atoms with Crippen molar-refractivity contribution in [3.8, 4) is 5.75 Å². The lowest BCUT2D eigenvalue weighted by Crippen LogP contribution is -2.53. The minimum Gasteiger partial charge on any atom is -0.714 e. The number of nitrogens with two attached hydrogens (primary N) is 1. The number of primary sulfonamides is 1. The average Bonchev–Trinajstić information content (AvgIpc) is 3.19. The number of nitrogens with one attached hydrogen (secondary N) is 1. The van der Waals surface area contributed by atoms with Gasteiger partial charge in [0.1, 0.15) is 11.3 Å². The molecule has 0 spiro atoms. The minimum atomic E-state index is -4.01. The van der Waals surface area contributed by atoms with Gasteiger partial charge in [0.2, 0.25) is 9.47 Å². The summed E-state index contributed by atoms with van der Waals surface area (Å²) in [5, 5.41) is 40.4. The summed E-state index contributed by atoms with van der Waals surface area (Å²) in [7, 11) is -4.01. The van der Waals surface area contributed by atoms with Crippen molar-refractivity contribution in [3.63, 3.8) is 0 Å². The van der Waals surface area contributed by atoms with Crippen molar-refractivity contribution in [3.05, 3.63) is 35.0 Å². The van der Waals surface area contributed by atoms with Gasteiger partial charge in [0.15, 0.2) is 12.1 Å². The Labute approximate surface area is 182 Å². The lowest BCUT2D eigenvalue weighted by atomic mass is 9.84. The fourth-order valence-corrected chi connectivity index (χ4v) is 4.10. The van der Waals surface area contributed by atoms with E-state index in [9.17, 15) is 23.6 Å². The van der Waals surface area contributed by atoms with Crippen LogP contribution in [0.2, 0.25) is 0 Å². The SMILES string of the molecule is CC1(C)N([O])C(c2cccc(OCC(=O)Nc3nnc(S(N)(=O)=O)s3)c2)=[N+]([O-])C1(C)C. The predicted molar refractivity (Wildman–Crippen MR) is 110 cm³/mol. The van der Waals surface area contributed by atoms with Crippen LogP contribution in [0.25, 0.3) is 0 Å². The Morgan fingerprint density at radius 2 is 2.00 bits per heavy atom. The van der Waals surface area contributed by atoms with Gasteiger partial charge in [0.05, 0.1) is 5.56 Å². The number of hydrogen-bond donors (Lipinski definition) is 2. The van der Waals surface area contributed by atoms with Gasteiger partial charge in [0, 0.05) is 5.21 Å². The zero-order valence-electron chi connectivity index (χ0n) is 17.1. The smallest absolute Gasteiger partial charge is 0.316 e. The molecule has 1 aromatic heterocycles. The zero-order valence-corrected chi connectivity index (χ0v) is 18.8. The van der Waals surface area contributed by atoms with E-state index in [-0.39, 0.29) is 16.7 Å². The second-order valence-corrected chi connectivity index (χ2v) is 10.5. The van der Waals surface area contributed by atoms with Crippen LogP contribution in [0.4, 0.5) is 5.13 Å². The van der Waals surface area contributed by atoms with E-state index < -0.39 is 38.0 Å². The molecule has 0 fully saturated rings. The summed E-state index contributed by atoms with van der Waals surface area (Å²) in [6, 6.07) is 6.25. The number of nitrogens with zero attached hydrogens (tertiary/aromatic N) is 4. The number of anilines is 1. The molecule has 1 aliphatic rings. The Balaban J connectivity index is 1.71. The molecule has 14 heteroatoms. The molecular formula is C17H21N6O6S2. The van der Waals surface area contributed by atoms with E-state index in [0.717, 1.165) is 0 Å². The molecular weight excluding hydrogens is 448 g/mol. The number of aromatic nitrogens is 2. The third-order valence-electron chi connectivity index (χ3n) is 5.26. The summed E-state index contributed by atoms with van der Waals surface area (Å²) >= 11 is 0.603. The van der Waals surface area contributed by atoms with Crippen LogP contribution in [-0.2, 0) is 20.0 Å². The first-order chi connectivity index (χ1) is 14.2. The monoisotopic (exact) mass is 469 g/mol. The van der Waals surface area contributed by atoms with Crippen molar-refractivity contribution in [1.29, 1.82) is 0 Å². The number of sulfonamides is 1. The van der Waals surface area contributed by atoms with Gasteiger partial charge in [-0.05, 0) is 45.9 Å². The fraction of sp³-hybridized carbons (Fsp3) is 0.412. The summed E-state index contributed by atoms with van der Waals surface area (Å²) < 4.78 is 28.1. The van der Waals surface area contributed by atoms with Crippen LogP contribution in [0.1, 0.15) is 33.3 Å². The summed E-state index contributed by atoms with van der Waals surface area (Å²) in [5.74, 6) is -0.407. The number of benzene rings is 1. The van der Waals surface area contributed by atoms with Gasteiger partial charge in [0.25, 0.3) is 15.9 Å². The summed E-state index contributed by atoms with van der Waals surface area (Å²) in [4.78, 5) is 12.1. The largest absolute Gasteiger partial charge is 0.714 e. The number of hydrogen-bond acceptors (Lipinski definition) is 9. The van der Waals surface area contributed by atoms with Crippen LogP contribution in [0.5, 0.6) is 5.75 Å². The minimum absolute atomic E-state index is 0.0470. The number of carbonyl (C=O) groups is 1. The van der Waals surface area contributed by atoms with E-state index in [1.807, 2.05) is 0 Å². The summed E-state index contributed by atoms with van der Waals surface area (Å²) in [6.45, 7) is 6.34. The first kappa shape index (κ1) is 22.9. The summed E-state index contributed by atoms with van der Waals surface area (Å²) in [5.41, 5.74) is -1.57. The molecule has 0 aliphatic carbocycles. The van der Waals surface area contributed by atoms with Gasteiger partial charge in [-0.3, -0.25) is 14.9 Å². The lowest BCUT2D eigenvalue weighted by Gasteiger charge is -2.32. The predicted octanol–water partition coefficient (Wildman–Crippen LogP) is 0.678. The van der Waals surface area contributed by atoms with Crippen LogP contribution in [0.3, 0.4) is 0 Å². The standard InChI is InChI=1S/C17H21N6O6S2/c1-16(2)17(3,4)23(26)13(22(16)25)10-6-5-7-11(8-10)29-9-12(24)19-14-20-21-15(30-14)31(18,27)28/h5-8H,9H2,1-4H3,(H2,18,27,28)(H,19,20,24). The highest BCUT2D eigenvalue weighted by atomic mass is 32.2. The van der Waals surface area contributed by atoms with Crippen LogP contribution in [0.15, 0.2) is 28.6 Å². The molecule has 0 saturated carbocycles. The van der Waals surface area contributed by atoms with Gasteiger partial charge in [-0.25, -0.2) is 13.6 Å². The average molecular weight is 470 g/mol. The van der Waals surface area contributed by atoms with Crippen molar-refractivity contribution in [2.75, 3.05) is 11.9 Å². The normalized spacial score (nSPS) is 17.7. The second kappa shape index (κ2) is 7.71. The van der Waals surface area contributed by atoms with Crippen LogP contribution >= 0.6 is 11.3 Å². The Bertz CT molecular complexity index is 1160. The molecule has 0 unspecified atom stereocenters. The molecule has 0 atom stereocenters. The number of amides is 1. The van der Waals surface area contributed by atoms with Crippen molar-refractivity contribution in [2.45, 2.75) is 43.1 Å². The highest BCUT2D eigenvalue weighted by Crippen LogP contribution is 2.37. The number of ether oxygens (including phenoxy) is 1. The quantitative estimate of drug-likeness (QED) is 0.353. The van der Waals surface area contributed by atoms with E-state index in [1.165, 1.54) is 6.07 Å². The second-order valence-electron chi connectivity index (χ2n) is 7.81. The van der Waals surface area contributed by atoms with E-state index >= 15 is 0 Å². The molecule has 0 saturated heterocycles. The maximum absolute atomic E-state index is 12.8. The Kier molecular flexibility index (Phi) is 5.69. The molecule has 3 N–H and O–H groups in total. The Morgan fingerprint density at radius 3 is 2.55 bits per heavy atom. The van der Waals surface area contributed by atoms with Crippen LogP contribution < -0.4 is 15.2 Å². The maximum atomic E-state index is 12.8. The van der Waals surface area contributed by atoms with Crippen molar-refractivity contribution < 1.29 is 27.9 Å². The molecule has 167 valence electrons. The number of carbonyl (C=O) groups excluding carboxylic acids is 1. The molecule has 12 nitrogen and oxygen atoms in total. The van der Waals surface area contributed by atoms with Crippen molar-refractivity contribution >= 4 is 38.2 Å². The highest BCUT2D eigenvalue weighted by Gasteiger charge is 2.59. The third-order valence-corrected chi connectivity index (χ3v) is 7.40. The zero-order chi connectivity index (χ0) is 23.2. The molecule has 31 heavy (non-hydrogen) atoms. The first-order valence-corrected chi connectivity index (χ1v) is 11.3. The van der Waals surface area contributed by atoms with Crippen molar-refractivity contribution in [2.24, 2.45) is 5.14 Å². The van der Waals surface area contributed by atoms with Gasteiger partial charge in [-0.15, -0.1) is 10.2 Å². The highest BCUT2D eigenvalue weighted by molar-refractivity contribution is 7.91. The van der Waals surface area contributed by atoms with E-state index in [4.69, 9.17) is 9.88 Å². The van der Waals surface area contributed by atoms with Crippen molar-refractivity contribution in [1.82, 2.24) is 15.3 Å². The first-order valence-electron chi connectivity index (χ1n) is 8.96. The van der Waals surface area contributed by atoms with Gasteiger partial charge in [-0.1, -0.05) is 22.5 Å². The third kappa shape index (κ3) is 4.19. The van der Waals surface area contributed by atoms with Gasteiger partial charge in [-0.2, -0.15) is 0 Å².